The molecular formula is C17H25NO3. The fourth-order valence-electron chi connectivity index (χ4n) is 1.56. The molecule has 0 unspecified atom stereocenters. The highest BCUT2D eigenvalue weighted by Crippen LogP contribution is 2.08. The van der Waals surface area contributed by atoms with Gasteiger partial charge in [0, 0.05) is 13.1 Å². The molecule has 0 spiro atoms. The molecule has 0 bridgehead atoms. The van der Waals surface area contributed by atoms with E-state index in [2.05, 4.69) is 13.8 Å². The van der Waals surface area contributed by atoms with Crippen molar-refractivity contribution in [2.24, 2.45) is 0 Å². The van der Waals surface area contributed by atoms with Crippen molar-refractivity contribution >= 4 is 11.9 Å². The maximum atomic E-state index is 11.6. The predicted molar refractivity (Wildman–Crippen MR) is 83.2 cm³/mol. The molecule has 116 valence electrons. The van der Waals surface area contributed by atoms with E-state index in [1.165, 1.54) is 12.8 Å². The Bertz CT molecular complexity index is 448. The molecule has 21 heavy (non-hydrogen) atoms. The summed E-state index contributed by atoms with van der Waals surface area (Å²) in [6, 6.07) is 7.08. The van der Waals surface area contributed by atoms with Crippen LogP contribution >= 0.6 is 0 Å². The molecule has 1 heterocycles. The molecule has 2 rings (SSSR count). The quantitative estimate of drug-likeness (QED) is 0.800. The van der Waals surface area contributed by atoms with Crippen LogP contribution in [-0.4, -0.2) is 36.5 Å². The topological polar surface area (TPSA) is 46.6 Å². The highest BCUT2D eigenvalue weighted by Gasteiger charge is 2.21. The number of carbonyl (C=O) groups is 2. The number of amides is 1. The zero-order valence-electron chi connectivity index (χ0n) is 13.2. The van der Waals surface area contributed by atoms with E-state index in [0.29, 0.717) is 5.56 Å². The lowest BCUT2D eigenvalue weighted by Crippen LogP contribution is -2.44. The number of esters is 1. The number of aryl methyl sites for hydroxylation is 1. The van der Waals surface area contributed by atoms with E-state index < -0.39 is 5.97 Å². The molecule has 1 saturated heterocycles. The van der Waals surface area contributed by atoms with Gasteiger partial charge in [0.1, 0.15) is 0 Å². The summed E-state index contributed by atoms with van der Waals surface area (Å²) < 4.78 is 4.96. The van der Waals surface area contributed by atoms with E-state index in [1.807, 2.05) is 19.1 Å². The molecule has 0 aliphatic carbocycles. The third kappa shape index (κ3) is 5.98. The smallest absolute Gasteiger partial charge is 0.338 e. The largest absolute Gasteiger partial charge is 0.452 e. The van der Waals surface area contributed by atoms with Crippen molar-refractivity contribution in [1.29, 1.82) is 0 Å². The van der Waals surface area contributed by atoms with Crippen molar-refractivity contribution < 1.29 is 14.3 Å². The van der Waals surface area contributed by atoms with Crippen molar-refractivity contribution in [1.82, 2.24) is 4.90 Å². The van der Waals surface area contributed by atoms with Gasteiger partial charge in [-0.25, -0.2) is 4.79 Å². The van der Waals surface area contributed by atoms with Crippen LogP contribution in [0, 0.1) is 6.92 Å². The fraction of sp³-hybridized carbons (Fsp3) is 0.529. The van der Waals surface area contributed by atoms with Crippen molar-refractivity contribution in [2.45, 2.75) is 40.0 Å². The molecule has 1 aliphatic rings. The van der Waals surface area contributed by atoms with Gasteiger partial charge in [-0.1, -0.05) is 44.4 Å². The Morgan fingerprint density at radius 2 is 1.67 bits per heavy atom. The van der Waals surface area contributed by atoms with Gasteiger partial charge in [0.05, 0.1) is 5.56 Å². The molecule has 1 aromatic carbocycles. The standard InChI is InChI=1S/C13H15NO3.C4H10/c1-10-3-5-11(6-4-10)13(16)17-9-12(15)14-7-2-8-14;1-3-4-2/h3-6H,2,7-9H2,1H3;3-4H2,1-2H3. The van der Waals surface area contributed by atoms with Gasteiger partial charge in [-0.05, 0) is 25.5 Å². The summed E-state index contributed by atoms with van der Waals surface area (Å²) in [6.45, 7) is 7.71. The van der Waals surface area contributed by atoms with E-state index >= 15 is 0 Å². The molecule has 0 aromatic heterocycles. The summed E-state index contributed by atoms with van der Waals surface area (Å²) in [6.07, 6.45) is 3.68. The Morgan fingerprint density at radius 1 is 1.10 bits per heavy atom. The summed E-state index contributed by atoms with van der Waals surface area (Å²) in [5.74, 6) is -0.560. The number of ether oxygens (including phenoxy) is 1. The fourth-order valence-corrected chi connectivity index (χ4v) is 1.56. The summed E-state index contributed by atoms with van der Waals surface area (Å²) in [5.41, 5.74) is 1.56. The van der Waals surface area contributed by atoms with Gasteiger partial charge < -0.3 is 9.64 Å². The van der Waals surface area contributed by atoms with Gasteiger partial charge in [-0.2, -0.15) is 0 Å². The minimum Gasteiger partial charge on any atom is -0.452 e. The Labute approximate surface area is 127 Å². The number of benzene rings is 1. The van der Waals surface area contributed by atoms with Crippen LogP contribution < -0.4 is 0 Å². The van der Waals surface area contributed by atoms with Crippen LogP contribution in [0.5, 0.6) is 0 Å². The van der Waals surface area contributed by atoms with Crippen molar-refractivity contribution in [2.75, 3.05) is 19.7 Å². The molecule has 1 aromatic rings. The Kier molecular flexibility index (Phi) is 7.51. The second-order valence-electron chi connectivity index (χ2n) is 5.18. The molecule has 1 aliphatic heterocycles. The Hall–Kier alpha value is -1.84. The lowest BCUT2D eigenvalue weighted by atomic mass is 10.1. The van der Waals surface area contributed by atoms with Crippen LogP contribution in [0.1, 0.15) is 49.0 Å². The van der Waals surface area contributed by atoms with Crippen molar-refractivity contribution in [3.63, 3.8) is 0 Å². The van der Waals surface area contributed by atoms with E-state index in [1.54, 1.807) is 17.0 Å². The van der Waals surface area contributed by atoms with Gasteiger partial charge >= 0.3 is 5.97 Å². The predicted octanol–water partition coefficient (Wildman–Crippen LogP) is 3.19. The van der Waals surface area contributed by atoms with E-state index in [-0.39, 0.29) is 12.5 Å². The van der Waals surface area contributed by atoms with Crippen LogP contribution in [0.3, 0.4) is 0 Å². The molecule has 0 atom stereocenters. The summed E-state index contributed by atoms with van der Waals surface area (Å²) >= 11 is 0. The molecule has 4 nitrogen and oxygen atoms in total. The second kappa shape index (κ2) is 9.16. The average molecular weight is 291 g/mol. The van der Waals surface area contributed by atoms with Crippen molar-refractivity contribution in [3.8, 4) is 0 Å². The molecule has 1 fully saturated rings. The molecule has 4 heteroatoms. The average Bonchev–Trinajstić information content (AvgIpc) is 2.44. The first kappa shape index (κ1) is 17.2. The highest BCUT2D eigenvalue weighted by molar-refractivity contribution is 5.91. The SMILES string of the molecule is CCCC.Cc1ccc(C(=O)OCC(=O)N2CCC2)cc1. The molecular weight excluding hydrogens is 266 g/mol. The number of hydrogen-bond donors (Lipinski definition) is 0. The number of unbranched alkanes of at least 4 members (excludes halogenated alkanes) is 1. The number of carbonyl (C=O) groups excluding carboxylic acids is 2. The molecule has 0 radical (unpaired) electrons. The van der Waals surface area contributed by atoms with Crippen LogP contribution in [-0.2, 0) is 9.53 Å². The second-order valence-corrected chi connectivity index (χ2v) is 5.18. The minimum absolute atomic E-state index is 0.114. The molecule has 0 saturated carbocycles. The summed E-state index contributed by atoms with van der Waals surface area (Å²) in [5, 5.41) is 0. The third-order valence-corrected chi connectivity index (χ3v) is 3.32. The third-order valence-electron chi connectivity index (χ3n) is 3.32. The van der Waals surface area contributed by atoms with Crippen LogP contribution in [0.25, 0.3) is 0 Å². The maximum Gasteiger partial charge on any atom is 0.338 e. The van der Waals surface area contributed by atoms with Crippen molar-refractivity contribution in [3.05, 3.63) is 35.4 Å². The van der Waals surface area contributed by atoms with E-state index in [4.69, 9.17) is 4.74 Å². The minimum atomic E-state index is -0.445. The van der Waals surface area contributed by atoms with Gasteiger partial charge in [0.15, 0.2) is 6.61 Å². The van der Waals surface area contributed by atoms with E-state index in [0.717, 1.165) is 25.1 Å². The Balaban J connectivity index is 0.000000491. The maximum absolute atomic E-state index is 11.6. The number of nitrogens with zero attached hydrogens (tertiary/aromatic N) is 1. The summed E-state index contributed by atoms with van der Waals surface area (Å²) in [4.78, 5) is 24.7. The normalized spacial score (nSPS) is 12.8. The zero-order chi connectivity index (χ0) is 15.7. The van der Waals surface area contributed by atoms with Gasteiger partial charge in [-0.3, -0.25) is 4.79 Å². The number of likely N-dealkylation sites (tertiary alicyclic amines) is 1. The van der Waals surface area contributed by atoms with Crippen LogP contribution in [0.15, 0.2) is 24.3 Å². The molecule has 1 amide bonds. The van der Waals surface area contributed by atoms with Gasteiger partial charge in [0.2, 0.25) is 0 Å². The van der Waals surface area contributed by atoms with E-state index in [9.17, 15) is 9.59 Å². The van der Waals surface area contributed by atoms with Gasteiger partial charge in [0.25, 0.3) is 5.91 Å². The van der Waals surface area contributed by atoms with Crippen LogP contribution in [0.4, 0.5) is 0 Å². The highest BCUT2D eigenvalue weighted by atomic mass is 16.5. The number of hydrogen-bond acceptors (Lipinski definition) is 3. The molecule has 0 N–H and O–H groups in total. The monoisotopic (exact) mass is 291 g/mol. The first-order valence-electron chi connectivity index (χ1n) is 7.60. The Morgan fingerprint density at radius 3 is 2.10 bits per heavy atom. The van der Waals surface area contributed by atoms with Gasteiger partial charge in [-0.15, -0.1) is 0 Å². The first-order valence-corrected chi connectivity index (χ1v) is 7.60. The first-order chi connectivity index (χ1) is 10.1. The number of rotatable bonds is 4. The zero-order valence-corrected chi connectivity index (χ0v) is 13.2. The lowest BCUT2D eigenvalue weighted by Gasteiger charge is -2.30. The summed E-state index contributed by atoms with van der Waals surface area (Å²) in [7, 11) is 0. The van der Waals surface area contributed by atoms with Crippen LogP contribution in [0.2, 0.25) is 0 Å². The lowest BCUT2D eigenvalue weighted by molar-refractivity contribution is -0.137.